The third kappa shape index (κ3) is 3.14. The van der Waals surface area contributed by atoms with E-state index in [1.54, 1.807) is 4.90 Å². The topological polar surface area (TPSA) is 19.4 Å². The third-order valence-electron chi connectivity index (χ3n) is 4.69. The van der Waals surface area contributed by atoms with E-state index >= 15 is 0 Å². The SMILES string of the molecule is Fc1c(F)c(F)c(CN2CCN(c3cccc4s[c]nc34)CC2)c(F)c1F. The second-order valence-electron chi connectivity index (χ2n) is 6.24. The number of piperazine rings is 1. The molecule has 0 saturated carbocycles. The number of para-hydroxylation sites is 1. The molecule has 0 N–H and O–H groups in total. The highest BCUT2D eigenvalue weighted by Gasteiger charge is 2.28. The highest BCUT2D eigenvalue weighted by atomic mass is 32.1. The standard InChI is InChI=1S/C18H13F5N3S/c19-13-10(14(20)16(22)17(23)15(13)21)8-25-4-6-26(7-5-25)11-2-1-3-12-18(11)24-9-27-12/h1-3H,4-8H2. The van der Waals surface area contributed by atoms with Crippen molar-refractivity contribution in [3.05, 3.63) is 58.4 Å². The summed E-state index contributed by atoms with van der Waals surface area (Å²) in [7, 11) is 0. The smallest absolute Gasteiger partial charge is 0.200 e. The number of halogens is 5. The highest BCUT2D eigenvalue weighted by Crippen LogP contribution is 2.29. The molecule has 1 fully saturated rings. The molecule has 27 heavy (non-hydrogen) atoms. The average Bonchev–Trinajstić information content (AvgIpc) is 3.18. The largest absolute Gasteiger partial charge is 0.367 e. The summed E-state index contributed by atoms with van der Waals surface area (Å²) in [6, 6.07) is 5.81. The molecular formula is C18H13F5N3S. The molecule has 141 valence electrons. The molecule has 0 bridgehead atoms. The van der Waals surface area contributed by atoms with Gasteiger partial charge in [-0.1, -0.05) is 6.07 Å². The lowest BCUT2D eigenvalue weighted by molar-refractivity contribution is 0.238. The van der Waals surface area contributed by atoms with Crippen molar-refractivity contribution in [1.29, 1.82) is 0 Å². The van der Waals surface area contributed by atoms with Crippen molar-refractivity contribution >= 4 is 27.2 Å². The van der Waals surface area contributed by atoms with Gasteiger partial charge < -0.3 is 4.90 Å². The second kappa shape index (κ2) is 7.05. The predicted molar refractivity (Wildman–Crippen MR) is 92.2 cm³/mol. The molecule has 1 saturated heterocycles. The molecule has 0 spiro atoms. The van der Waals surface area contributed by atoms with Crippen LogP contribution in [0.3, 0.4) is 0 Å². The molecule has 3 nitrogen and oxygen atoms in total. The van der Waals surface area contributed by atoms with Gasteiger partial charge in [-0.25, -0.2) is 26.9 Å². The first-order chi connectivity index (χ1) is 13.0. The summed E-state index contributed by atoms with van der Waals surface area (Å²) in [5.41, 5.74) is 3.85. The molecule has 1 aromatic heterocycles. The summed E-state index contributed by atoms with van der Waals surface area (Å²) >= 11 is 1.42. The fraction of sp³-hybridized carbons (Fsp3) is 0.278. The van der Waals surface area contributed by atoms with Gasteiger partial charge in [0.15, 0.2) is 28.8 Å². The van der Waals surface area contributed by atoms with E-state index < -0.39 is 34.6 Å². The van der Waals surface area contributed by atoms with Gasteiger partial charge in [0, 0.05) is 38.3 Å². The molecule has 4 rings (SSSR count). The van der Waals surface area contributed by atoms with Gasteiger partial charge in [0.2, 0.25) is 5.82 Å². The molecular weight excluding hydrogens is 385 g/mol. The Labute approximate surface area is 155 Å². The number of anilines is 1. The zero-order valence-corrected chi connectivity index (χ0v) is 14.7. The van der Waals surface area contributed by atoms with Gasteiger partial charge in [-0.3, -0.25) is 4.90 Å². The van der Waals surface area contributed by atoms with Crippen LogP contribution < -0.4 is 4.90 Å². The summed E-state index contributed by atoms with van der Waals surface area (Å²) in [6.07, 6.45) is 0. The van der Waals surface area contributed by atoms with E-state index in [9.17, 15) is 22.0 Å². The Morgan fingerprint density at radius 3 is 2.19 bits per heavy atom. The number of benzene rings is 2. The first-order valence-electron chi connectivity index (χ1n) is 8.20. The van der Waals surface area contributed by atoms with Crippen LogP contribution in [0.25, 0.3) is 10.2 Å². The van der Waals surface area contributed by atoms with Crippen molar-refractivity contribution < 1.29 is 22.0 Å². The van der Waals surface area contributed by atoms with Gasteiger partial charge in [-0.15, -0.1) is 11.3 Å². The van der Waals surface area contributed by atoms with Crippen molar-refractivity contribution in [3.8, 4) is 0 Å². The number of rotatable bonds is 3. The van der Waals surface area contributed by atoms with Crippen molar-refractivity contribution in [1.82, 2.24) is 9.88 Å². The predicted octanol–water partition coefficient (Wildman–Crippen LogP) is 4.11. The third-order valence-corrected chi connectivity index (χ3v) is 5.42. The Bertz CT molecular complexity index is 969. The molecule has 1 radical (unpaired) electrons. The van der Waals surface area contributed by atoms with Crippen LogP contribution in [-0.2, 0) is 6.54 Å². The number of hydrogen-bond acceptors (Lipinski definition) is 4. The van der Waals surface area contributed by atoms with Crippen LogP contribution in [0, 0.1) is 34.6 Å². The lowest BCUT2D eigenvalue weighted by atomic mass is 10.1. The maximum Gasteiger partial charge on any atom is 0.200 e. The minimum absolute atomic E-state index is 0.339. The van der Waals surface area contributed by atoms with Crippen molar-refractivity contribution in [2.45, 2.75) is 6.54 Å². The zero-order chi connectivity index (χ0) is 19.1. The van der Waals surface area contributed by atoms with E-state index in [-0.39, 0.29) is 6.54 Å². The van der Waals surface area contributed by atoms with Crippen LogP contribution in [0.4, 0.5) is 27.6 Å². The summed E-state index contributed by atoms with van der Waals surface area (Å²) in [6.45, 7) is 1.60. The van der Waals surface area contributed by atoms with Gasteiger partial charge in [-0.05, 0) is 12.1 Å². The van der Waals surface area contributed by atoms with Gasteiger partial charge >= 0.3 is 0 Å². The minimum Gasteiger partial charge on any atom is -0.367 e. The molecule has 9 heteroatoms. The van der Waals surface area contributed by atoms with E-state index in [2.05, 4.69) is 15.4 Å². The molecule has 1 aliphatic rings. The molecule has 0 unspecified atom stereocenters. The number of thiazole rings is 1. The Morgan fingerprint density at radius 2 is 1.52 bits per heavy atom. The quantitative estimate of drug-likeness (QED) is 0.376. The molecule has 1 aliphatic heterocycles. The van der Waals surface area contributed by atoms with Gasteiger partial charge in [-0.2, -0.15) is 0 Å². The first kappa shape index (κ1) is 18.1. The summed E-state index contributed by atoms with van der Waals surface area (Å²) in [4.78, 5) is 8.01. The van der Waals surface area contributed by atoms with Crippen molar-refractivity contribution in [2.75, 3.05) is 31.1 Å². The van der Waals surface area contributed by atoms with Gasteiger partial charge in [0.1, 0.15) is 5.52 Å². The highest BCUT2D eigenvalue weighted by molar-refractivity contribution is 7.16. The molecule has 2 aromatic carbocycles. The lowest BCUT2D eigenvalue weighted by Crippen LogP contribution is -2.46. The molecule has 0 amide bonds. The normalized spacial score (nSPS) is 15.7. The van der Waals surface area contributed by atoms with E-state index in [4.69, 9.17) is 0 Å². The van der Waals surface area contributed by atoms with Crippen LogP contribution in [0.5, 0.6) is 0 Å². The van der Waals surface area contributed by atoms with E-state index in [0.717, 1.165) is 15.9 Å². The Morgan fingerprint density at radius 1 is 0.889 bits per heavy atom. The Kier molecular flexibility index (Phi) is 4.73. The first-order valence-corrected chi connectivity index (χ1v) is 9.02. The fourth-order valence-electron chi connectivity index (χ4n) is 3.24. The van der Waals surface area contributed by atoms with E-state index in [1.807, 2.05) is 18.2 Å². The fourth-order valence-corrected chi connectivity index (χ4v) is 3.87. The minimum atomic E-state index is -2.13. The maximum absolute atomic E-state index is 13.9. The lowest BCUT2D eigenvalue weighted by Gasteiger charge is -2.36. The zero-order valence-electron chi connectivity index (χ0n) is 13.9. The second-order valence-corrected chi connectivity index (χ2v) is 7.07. The van der Waals surface area contributed by atoms with Crippen LogP contribution in [0.1, 0.15) is 5.56 Å². The average molecular weight is 398 g/mol. The van der Waals surface area contributed by atoms with Gasteiger partial charge in [0.25, 0.3) is 0 Å². The number of hydrogen-bond donors (Lipinski definition) is 0. The maximum atomic E-state index is 13.9. The van der Waals surface area contributed by atoms with Crippen LogP contribution in [0.15, 0.2) is 18.2 Å². The van der Waals surface area contributed by atoms with Crippen molar-refractivity contribution in [2.24, 2.45) is 0 Å². The Balaban J connectivity index is 1.50. The van der Waals surface area contributed by atoms with Crippen LogP contribution in [-0.4, -0.2) is 36.1 Å². The summed E-state index contributed by atoms with van der Waals surface area (Å²) in [5, 5.41) is 0. The number of nitrogens with zero attached hydrogens (tertiary/aromatic N) is 3. The summed E-state index contributed by atoms with van der Waals surface area (Å²) in [5.74, 6) is -9.48. The van der Waals surface area contributed by atoms with Gasteiger partial charge in [0.05, 0.1) is 10.4 Å². The molecule has 3 aromatic rings. The van der Waals surface area contributed by atoms with E-state index in [0.29, 0.717) is 26.2 Å². The molecule has 0 atom stereocenters. The van der Waals surface area contributed by atoms with Crippen molar-refractivity contribution in [3.63, 3.8) is 0 Å². The van der Waals surface area contributed by atoms with Crippen LogP contribution >= 0.6 is 11.3 Å². The number of fused-ring (bicyclic) bond motifs is 1. The Hall–Kier alpha value is -2.26. The molecule has 0 aliphatic carbocycles. The number of aromatic nitrogens is 1. The van der Waals surface area contributed by atoms with Crippen LogP contribution in [0.2, 0.25) is 0 Å². The monoisotopic (exact) mass is 398 g/mol. The van der Waals surface area contributed by atoms with E-state index in [1.165, 1.54) is 11.3 Å². The summed E-state index contributed by atoms with van der Waals surface area (Å²) < 4.78 is 68.6. The molecule has 2 heterocycles.